The first-order chi connectivity index (χ1) is 7.02. The van der Waals surface area contributed by atoms with Crippen LogP contribution in [0.4, 0.5) is 5.69 Å². The van der Waals surface area contributed by atoms with E-state index in [2.05, 4.69) is 12.2 Å². The molecule has 0 aromatic heterocycles. The van der Waals surface area contributed by atoms with E-state index >= 15 is 0 Å². The Kier molecular flexibility index (Phi) is 2.18. The summed E-state index contributed by atoms with van der Waals surface area (Å²) in [5.74, 6) is 0.0910. The molecule has 1 heterocycles. The molecule has 0 radical (unpaired) electrons. The first-order valence-corrected chi connectivity index (χ1v) is 5.16. The predicted octanol–water partition coefficient (Wildman–Crippen LogP) is 1.37. The van der Waals surface area contributed by atoms with E-state index in [0.717, 1.165) is 22.4 Å². The second-order valence-electron chi connectivity index (χ2n) is 4.20. The van der Waals surface area contributed by atoms with Crippen LogP contribution < -0.4 is 11.1 Å². The zero-order valence-corrected chi connectivity index (χ0v) is 9.40. The van der Waals surface area contributed by atoms with Crippen LogP contribution in [0.15, 0.2) is 0 Å². The van der Waals surface area contributed by atoms with Crippen LogP contribution in [0.3, 0.4) is 0 Å². The molecule has 80 valence electrons. The average Bonchev–Trinajstić information content (AvgIpc) is 2.23. The standard InChI is InChI=1S/C12H16N2O/c1-6-7(2)12(13)8(3)9-4-11(15)14-5-10(6)9/h4-5,13H2,1-3H3,(H,14,15). The summed E-state index contributed by atoms with van der Waals surface area (Å²) in [5, 5.41) is 2.87. The Morgan fingerprint density at radius 1 is 1.07 bits per heavy atom. The van der Waals surface area contributed by atoms with Gasteiger partial charge in [0.2, 0.25) is 5.91 Å². The molecule has 3 heteroatoms. The fraction of sp³-hybridized carbons (Fsp3) is 0.417. The molecule has 0 fully saturated rings. The summed E-state index contributed by atoms with van der Waals surface area (Å²) in [6.07, 6.45) is 0.465. The number of hydrogen-bond donors (Lipinski definition) is 2. The summed E-state index contributed by atoms with van der Waals surface area (Å²) in [6.45, 7) is 6.75. The molecule has 1 amide bonds. The molecule has 15 heavy (non-hydrogen) atoms. The van der Waals surface area contributed by atoms with Crippen molar-refractivity contribution in [2.24, 2.45) is 0 Å². The van der Waals surface area contributed by atoms with Crippen molar-refractivity contribution in [1.29, 1.82) is 0 Å². The van der Waals surface area contributed by atoms with Gasteiger partial charge in [0.1, 0.15) is 0 Å². The Balaban J connectivity index is 2.70. The molecule has 0 spiro atoms. The van der Waals surface area contributed by atoms with E-state index in [1.54, 1.807) is 0 Å². The molecule has 1 aromatic carbocycles. The van der Waals surface area contributed by atoms with Crippen LogP contribution in [-0.4, -0.2) is 5.91 Å². The number of fused-ring (bicyclic) bond motifs is 1. The van der Waals surface area contributed by atoms with Gasteiger partial charge >= 0.3 is 0 Å². The number of amides is 1. The maximum Gasteiger partial charge on any atom is 0.224 e. The largest absolute Gasteiger partial charge is 0.398 e. The van der Waals surface area contributed by atoms with Gasteiger partial charge in [-0.2, -0.15) is 0 Å². The highest BCUT2D eigenvalue weighted by molar-refractivity contribution is 5.83. The second-order valence-corrected chi connectivity index (χ2v) is 4.20. The van der Waals surface area contributed by atoms with E-state index in [1.165, 1.54) is 11.1 Å². The first kappa shape index (κ1) is 10.0. The zero-order chi connectivity index (χ0) is 11.2. The SMILES string of the molecule is Cc1c(C)c2c(c(C)c1N)CC(=O)NC2. The number of hydrogen-bond acceptors (Lipinski definition) is 2. The van der Waals surface area contributed by atoms with Gasteiger partial charge in [0, 0.05) is 12.2 Å². The van der Waals surface area contributed by atoms with Crippen molar-refractivity contribution in [3.8, 4) is 0 Å². The van der Waals surface area contributed by atoms with E-state index in [-0.39, 0.29) is 5.91 Å². The van der Waals surface area contributed by atoms with Crippen LogP contribution in [0.25, 0.3) is 0 Å². The summed E-state index contributed by atoms with van der Waals surface area (Å²) in [7, 11) is 0. The summed E-state index contributed by atoms with van der Waals surface area (Å²) in [6, 6.07) is 0. The van der Waals surface area contributed by atoms with Crippen LogP contribution >= 0.6 is 0 Å². The van der Waals surface area contributed by atoms with Gasteiger partial charge in [-0.15, -0.1) is 0 Å². The quantitative estimate of drug-likeness (QED) is 0.627. The van der Waals surface area contributed by atoms with Crippen LogP contribution in [0, 0.1) is 20.8 Å². The molecule has 2 rings (SSSR count). The molecule has 0 aliphatic carbocycles. The minimum atomic E-state index is 0.0910. The molecule has 0 unspecified atom stereocenters. The van der Waals surface area contributed by atoms with Crippen LogP contribution in [0.2, 0.25) is 0 Å². The first-order valence-electron chi connectivity index (χ1n) is 5.16. The normalized spacial score (nSPS) is 14.7. The van der Waals surface area contributed by atoms with Crippen molar-refractivity contribution in [2.75, 3.05) is 5.73 Å². The van der Waals surface area contributed by atoms with Crippen molar-refractivity contribution in [3.05, 3.63) is 27.8 Å². The molecular weight excluding hydrogens is 188 g/mol. The van der Waals surface area contributed by atoms with E-state index < -0.39 is 0 Å². The van der Waals surface area contributed by atoms with Crippen LogP contribution in [-0.2, 0) is 17.8 Å². The summed E-state index contributed by atoms with van der Waals surface area (Å²) in [5.41, 5.74) is 12.7. The Hall–Kier alpha value is -1.51. The minimum absolute atomic E-state index is 0.0910. The Morgan fingerprint density at radius 3 is 2.40 bits per heavy atom. The number of rotatable bonds is 0. The topological polar surface area (TPSA) is 55.1 Å². The van der Waals surface area contributed by atoms with Gasteiger partial charge in [0.05, 0.1) is 6.42 Å². The average molecular weight is 204 g/mol. The van der Waals surface area contributed by atoms with Gasteiger partial charge in [-0.1, -0.05) is 0 Å². The number of benzene rings is 1. The molecule has 0 saturated carbocycles. The van der Waals surface area contributed by atoms with Crippen molar-refractivity contribution in [3.63, 3.8) is 0 Å². The third-order valence-corrected chi connectivity index (χ3v) is 3.44. The van der Waals surface area contributed by atoms with Crippen molar-refractivity contribution < 1.29 is 4.79 Å². The lowest BCUT2D eigenvalue weighted by molar-refractivity contribution is -0.121. The van der Waals surface area contributed by atoms with E-state index in [4.69, 9.17) is 5.73 Å². The Morgan fingerprint density at radius 2 is 1.73 bits per heavy atom. The zero-order valence-electron chi connectivity index (χ0n) is 9.40. The van der Waals surface area contributed by atoms with Gasteiger partial charge in [-0.3, -0.25) is 4.79 Å². The molecule has 3 N–H and O–H groups in total. The van der Waals surface area contributed by atoms with Crippen molar-refractivity contribution in [1.82, 2.24) is 5.32 Å². The van der Waals surface area contributed by atoms with Crippen LogP contribution in [0.5, 0.6) is 0 Å². The van der Waals surface area contributed by atoms with Gasteiger partial charge in [-0.25, -0.2) is 0 Å². The third-order valence-electron chi connectivity index (χ3n) is 3.44. The van der Waals surface area contributed by atoms with E-state index in [0.29, 0.717) is 13.0 Å². The molecule has 1 aliphatic heterocycles. The summed E-state index contributed by atoms with van der Waals surface area (Å²) in [4.78, 5) is 11.3. The monoisotopic (exact) mass is 204 g/mol. The molecule has 0 saturated heterocycles. The van der Waals surface area contributed by atoms with E-state index in [9.17, 15) is 4.79 Å². The summed E-state index contributed by atoms with van der Waals surface area (Å²) >= 11 is 0. The highest BCUT2D eigenvalue weighted by Gasteiger charge is 2.21. The van der Waals surface area contributed by atoms with Crippen molar-refractivity contribution in [2.45, 2.75) is 33.7 Å². The number of nitrogens with two attached hydrogens (primary N) is 1. The maximum absolute atomic E-state index is 11.3. The number of carbonyl (C=O) groups excluding carboxylic acids is 1. The van der Waals surface area contributed by atoms with Gasteiger partial charge in [0.25, 0.3) is 0 Å². The summed E-state index contributed by atoms with van der Waals surface area (Å²) < 4.78 is 0. The number of nitrogens with one attached hydrogen (secondary N) is 1. The second kappa shape index (κ2) is 3.26. The Labute approximate surface area is 89.7 Å². The molecule has 0 bridgehead atoms. The van der Waals surface area contributed by atoms with E-state index in [1.807, 2.05) is 13.8 Å². The molecule has 0 atom stereocenters. The lowest BCUT2D eigenvalue weighted by atomic mass is 9.88. The Bertz CT molecular complexity index is 450. The third kappa shape index (κ3) is 1.39. The van der Waals surface area contributed by atoms with Crippen LogP contribution in [0.1, 0.15) is 27.8 Å². The fourth-order valence-corrected chi connectivity index (χ4v) is 2.21. The molecule has 1 aromatic rings. The molecule has 1 aliphatic rings. The number of anilines is 1. The maximum atomic E-state index is 11.3. The minimum Gasteiger partial charge on any atom is -0.398 e. The lowest BCUT2D eigenvalue weighted by Crippen LogP contribution is -2.32. The van der Waals surface area contributed by atoms with Gasteiger partial charge < -0.3 is 11.1 Å². The smallest absolute Gasteiger partial charge is 0.224 e. The number of nitrogen functional groups attached to an aromatic ring is 1. The van der Waals surface area contributed by atoms with Crippen molar-refractivity contribution >= 4 is 11.6 Å². The predicted molar refractivity (Wildman–Crippen MR) is 60.6 cm³/mol. The lowest BCUT2D eigenvalue weighted by Gasteiger charge is -2.24. The number of carbonyl (C=O) groups is 1. The van der Waals surface area contributed by atoms with Gasteiger partial charge in [0.15, 0.2) is 0 Å². The highest BCUT2D eigenvalue weighted by atomic mass is 16.1. The molecular formula is C12H16N2O. The highest BCUT2D eigenvalue weighted by Crippen LogP contribution is 2.30. The molecule has 3 nitrogen and oxygen atoms in total. The fourth-order valence-electron chi connectivity index (χ4n) is 2.21. The van der Waals surface area contributed by atoms with Gasteiger partial charge in [-0.05, 0) is 48.6 Å².